The molecule has 0 bridgehead atoms. The van der Waals surface area contributed by atoms with Crippen molar-refractivity contribution in [2.75, 3.05) is 5.73 Å². The standard InChI is InChI=1S/C14H10BrN3O/c15-13-11-3-1-2-8-18(11)14(17-13)12(19)9-4-6-10(16)7-5-9/h1-8H,16H2. The number of fused-ring (bicyclic) bond motifs is 1. The van der Waals surface area contributed by atoms with Gasteiger partial charge in [0, 0.05) is 17.4 Å². The first kappa shape index (κ1) is 11.9. The molecule has 0 radical (unpaired) electrons. The Bertz CT molecular complexity index is 762. The summed E-state index contributed by atoms with van der Waals surface area (Å²) in [5.41, 5.74) is 7.68. The lowest BCUT2D eigenvalue weighted by Crippen LogP contribution is -2.06. The highest BCUT2D eigenvalue weighted by molar-refractivity contribution is 9.10. The second kappa shape index (κ2) is 4.51. The Morgan fingerprint density at radius 2 is 1.89 bits per heavy atom. The Kier molecular flexibility index (Phi) is 2.83. The number of hydrogen-bond acceptors (Lipinski definition) is 3. The van der Waals surface area contributed by atoms with Gasteiger partial charge in [0.15, 0.2) is 5.82 Å². The second-order valence-corrected chi connectivity index (χ2v) is 4.88. The highest BCUT2D eigenvalue weighted by atomic mass is 79.9. The number of pyridine rings is 1. The van der Waals surface area contributed by atoms with Crippen LogP contribution in [0.25, 0.3) is 5.52 Å². The number of halogens is 1. The zero-order valence-corrected chi connectivity index (χ0v) is 11.5. The minimum absolute atomic E-state index is 0.132. The van der Waals surface area contributed by atoms with E-state index in [1.165, 1.54) is 0 Å². The molecule has 3 rings (SSSR count). The van der Waals surface area contributed by atoms with E-state index in [1.807, 2.05) is 24.4 Å². The topological polar surface area (TPSA) is 60.4 Å². The number of carbonyl (C=O) groups is 1. The molecule has 5 heteroatoms. The molecule has 94 valence electrons. The quantitative estimate of drug-likeness (QED) is 0.584. The molecule has 0 atom stereocenters. The van der Waals surface area contributed by atoms with Crippen LogP contribution in [0.15, 0.2) is 53.3 Å². The molecule has 2 heterocycles. The zero-order chi connectivity index (χ0) is 13.4. The van der Waals surface area contributed by atoms with Gasteiger partial charge in [0.05, 0.1) is 5.52 Å². The second-order valence-electron chi connectivity index (χ2n) is 4.13. The predicted octanol–water partition coefficient (Wildman–Crippen LogP) is 2.91. The summed E-state index contributed by atoms with van der Waals surface area (Å²) < 4.78 is 2.43. The fourth-order valence-corrected chi connectivity index (χ4v) is 2.41. The number of hydrogen-bond donors (Lipinski definition) is 1. The van der Waals surface area contributed by atoms with Crippen molar-refractivity contribution in [1.29, 1.82) is 0 Å². The zero-order valence-electron chi connectivity index (χ0n) is 9.88. The van der Waals surface area contributed by atoms with Gasteiger partial charge in [0.25, 0.3) is 0 Å². The van der Waals surface area contributed by atoms with Crippen molar-refractivity contribution < 1.29 is 4.79 Å². The van der Waals surface area contributed by atoms with E-state index in [4.69, 9.17) is 5.73 Å². The smallest absolute Gasteiger partial charge is 0.228 e. The molecule has 0 spiro atoms. The summed E-state index contributed by atoms with van der Waals surface area (Å²) in [6.45, 7) is 0. The lowest BCUT2D eigenvalue weighted by Gasteiger charge is -2.01. The number of anilines is 1. The molecule has 4 nitrogen and oxygen atoms in total. The van der Waals surface area contributed by atoms with Crippen LogP contribution in [0.4, 0.5) is 5.69 Å². The fourth-order valence-electron chi connectivity index (χ4n) is 1.92. The molecule has 3 aromatic rings. The van der Waals surface area contributed by atoms with Crippen LogP contribution in [0.3, 0.4) is 0 Å². The summed E-state index contributed by atoms with van der Waals surface area (Å²) in [7, 11) is 0. The Hall–Kier alpha value is -2.14. The molecule has 0 saturated carbocycles. The maximum atomic E-state index is 12.4. The normalized spacial score (nSPS) is 10.8. The van der Waals surface area contributed by atoms with E-state index in [1.54, 1.807) is 28.7 Å². The molecule has 0 aliphatic heterocycles. The lowest BCUT2D eigenvalue weighted by molar-refractivity contribution is 0.102. The maximum Gasteiger partial charge on any atom is 0.228 e. The number of carbonyl (C=O) groups excluding carboxylic acids is 1. The Balaban J connectivity index is 2.14. The summed E-state index contributed by atoms with van der Waals surface area (Å²) >= 11 is 3.37. The van der Waals surface area contributed by atoms with Gasteiger partial charge in [-0.15, -0.1) is 0 Å². The number of nitrogen functional groups attached to an aromatic ring is 1. The predicted molar refractivity (Wildman–Crippen MR) is 77.2 cm³/mol. The van der Waals surface area contributed by atoms with Crippen LogP contribution in [0.1, 0.15) is 16.2 Å². The molecule has 19 heavy (non-hydrogen) atoms. The first-order chi connectivity index (χ1) is 9.16. The third kappa shape index (κ3) is 2.02. The molecule has 0 aliphatic rings. The van der Waals surface area contributed by atoms with Gasteiger partial charge in [-0.3, -0.25) is 9.20 Å². The van der Waals surface area contributed by atoms with Crippen molar-refractivity contribution in [3.63, 3.8) is 0 Å². The van der Waals surface area contributed by atoms with Crippen molar-refractivity contribution in [2.45, 2.75) is 0 Å². The van der Waals surface area contributed by atoms with Crippen LogP contribution < -0.4 is 5.73 Å². The molecule has 0 amide bonds. The average Bonchev–Trinajstić information content (AvgIpc) is 2.77. The largest absolute Gasteiger partial charge is 0.399 e. The van der Waals surface area contributed by atoms with E-state index >= 15 is 0 Å². The Labute approximate surface area is 118 Å². The van der Waals surface area contributed by atoms with Crippen LogP contribution in [-0.4, -0.2) is 15.2 Å². The number of nitrogens with zero attached hydrogens (tertiary/aromatic N) is 2. The van der Waals surface area contributed by atoms with Crippen LogP contribution in [0, 0.1) is 0 Å². The molecule has 0 fully saturated rings. The van der Waals surface area contributed by atoms with Gasteiger partial charge in [-0.2, -0.15) is 0 Å². The van der Waals surface area contributed by atoms with Gasteiger partial charge in [-0.25, -0.2) is 4.98 Å². The van der Waals surface area contributed by atoms with Gasteiger partial charge >= 0.3 is 0 Å². The Morgan fingerprint density at radius 3 is 2.63 bits per heavy atom. The molecule has 0 saturated heterocycles. The number of benzene rings is 1. The number of aromatic nitrogens is 2. The summed E-state index contributed by atoms with van der Waals surface area (Å²) in [5, 5.41) is 0. The summed E-state index contributed by atoms with van der Waals surface area (Å²) in [4.78, 5) is 16.7. The summed E-state index contributed by atoms with van der Waals surface area (Å²) in [6.07, 6.45) is 1.82. The Morgan fingerprint density at radius 1 is 1.16 bits per heavy atom. The van der Waals surface area contributed by atoms with Gasteiger partial charge in [-0.05, 0) is 52.3 Å². The molecular formula is C14H10BrN3O. The lowest BCUT2D eigenvalue weighted by atomic mass is 10.1. The average molecular weight is 316 g/mol. The van der Waals surface area contributed by atoms with Crippen molar-refractivity contribution in [1.82, 2.24) is 9.38 Å². The van der Waals surface area contributed by atoms with E-state index in [0.29, 0.717) is 21.7 Å². The number of rotatable bonds is 2. The molecular weight excluding hydrogens is 306 g/mol. The van der Waals surface area contributed by atoms with Crippen LogP contribution >= 0.6 is 15.9 Å². The van der Waals surface area contributed by atoms with Crippen molar-refractivity contribution in [3.8, 4) is 0 Å². The first-order valence-electron chi connectivity index (χ1n) is 5.69. The van der Waals surface area contributed by atoms with Gasteiger partial charge in [0.2, 0.25) is 5.78 Å². The fraction of sp³-hybridized carbons (Fsp3) is 0. The van der Waals surface area contributed by atoms with Crippen molar-refractivity contribution >= 4 is 32.9 Å². The first-order valence-corrected chi connectivity index (χ1v) is 6.49. The third-order valence-corrected chi connectivity index (χ3v) is 3.46. The van der Waals surface area contributed by atoms with E-state index in [2.05, 4.69) is 20.9 Å². The summed E-state index contributed by atoms with van der Waals surface area (Å²) in [5.74, 6) is 0.249. The highest BCUT2D eigenvalue weighted by Gasteiger charge is 2.17. The van der Waals surface area contributed by atoms with E-state index in [0.717, 1.165) is 5.52 Å². The van der Waals surface area contributed by atoms with Gasteiger partial charge < -0.3 is 5.73 Å². The molecule has 2 N–H and O–H groups in total. The minimum atomic E-state index is -0.132. The van der Waals surface area contributed by atoms with Crippen LogP contribution in [0.2, 0.25) is 0 Å². The van der Waals surface area contributed by atoms with Crippen LogP contribution in [-0.2, 0) is 0 Å². The molecule has 1 aromatic carbocycles. The van der Waals surface area contributed by atoms with E-state index < -0.39 is 0 Å². The number of nitrogens with two attached hydrogens (primary N) is 1. The van der Waals surface area contributed by atoms with Gasteiger partial charge in [0.1, 0.15) is 4.60 Å². The minimum Gasteiger partial charge on any atom is -0.399 e. The van der Waals surface area contributed by atoms with E-state index in [9.17, 15) is 4.79 Å². The molecule has 2 aromatic heterocycles. The molecule has 0 aliphatic carbocycles. The summed E-state index contributed by atoms with van der Waals surface area (Å²) in [6, 6.07) is 12.5. The highest BCUT2D eigenvalue weighted by Crippen LogP contribution is 2.20. The molecule has 0 unspecified atom stereocenters. The monoisotopic (exact) mass is 315 g/mol. The van der Waals surface area contributed by atoms with Gasteiger partial charge in [-0.1, -0.05) is 6.07 Å². The van der Waals surface area contributed by atoms with Crippen molar-refractivity contribution in [3.05, 3.63) is 64.7 Å². The number of ketones is 1. The van der Waals surface area contributed by atoms with E-state index in [-0.39, 0.29) is 5.78 Å². The SMILES string of the molecule is Nc1ccc(C(=O)c2nc(Br)c3ccccn23)cc1. The van der Waals surface area contributed by atoms with Crippen molar-refractivity contribution in [2.24, 2.45) is 0 Å². The number of imidazole rings is 1. The third-order valence-electron chi connectivity index (χ3n) is 2.88. The maximum absolute atomic E-state index is 12.4. The van der Waals surface area contributed by atoms with Crippen LogP contribution in [0.5, 0.6) is 0 Å².